The molecule has 0 bridgehead atoms. The first kappa shape index (κ1) is 25.4. The van der Waals surface area contributed by atoms with E-state index < -0.39 is 6.04 Å². The van der Waals surface area contributed by atoms with E-state index in [2.05, 4.69) is 39.5 Å². The summed E-state index contributed by atoms with van der Waals surface area (Å²) in [5.41, 5.74) is 4.16. The van der Waals surface area contributed by atoms with Crippen LogP contribution < -0.4 is 5.32 Å². The van der Waals surface area contributed by atoms with Crippen LogP contribution >= 0.6 is 23.4 Å². The normalized spacial score (nSPS) is 17.7. The second kappa shape index (κ2) is 11.0. The van der Waals surface area contributed by atoms with Crippen molar-refractivity contribution in [2.75, 3.05) is 19.9 Å². The lowest BCUT2D eigenvalue weighted by molar-refractivity contribution is -0.146. The number of ether oxygens (including phenoxy) is 1. The molecular formula is C29H28ClN3O3S. The Labute approximate surface area is 225 Å². The van der Waals surface area contributed by atoms with Gasteiger partial charge >= 0.3 is 5.97 Å². The molecule has 3 aromatic carbocycles. The smallest absolute Gasteiger partial charge is 0.323 e. The number of fused-ring (bicyclic) bond motifs is 1. The molecule has 1 aliphatic heterocycles. The van der Waals surface area contributed by atoms with Gasteiger partial charge in [0, 0.05) is 45.5 Å². The second-order valence-corrected chi connectivity index (χ2v) is 10.5. The van der Waals surface area contributed by atoms with Crippen LogP contribution in [0.4, 0.5) is 0 Å². The number of carbonyl (C=O) groups is 2. The second-order valence-electron chi connectivity index (χ2n) is 9.15. The molecule has 37 heavy (non-hydrogen) atoms. The number of carbonyl (C=O) groups excluding carboxylic acids is 2. The highest BCUT2D eigenvalue weighted by Crippen LogP contribution is 2.34. The van der Waals surface area contributed by atoms with Crippen LogP contribution in [0, 0.1) is 0 Å². The number of esters is 1. The van der Waals surface area contributed by atoms with Crippen LogP contribution in [0.2, 0.25) is 5.02 Å². The molecule has 190 valence electrons. The highest BCUT2D eigenvalue weighted by Gasteiger charge is 2.38. The maximum atomic E-state index is 13.6. The van der Waals surface area contributed by atoms with Gasteiger partial charge in [-0.2, -0.15) is 0 Å². The van der Waals surface area contributed by atoms with Crippen molar-refractivity contribution < 1.29 is 14.3 Å². The molecule has 1 fully saturated rings. The van der Waals surface area contributed by atoms with E-state index in [4.69, 9.17) is 16.3 Å². The van der Waals surface area contributed by atoms with E-state index in [1.54, 1.807) is 17.8 Å². The molecule has 5 rings (SSSR count). The van der Waals surface area contributed by atoms with Gasteiger partial charge in [0.1, 0.15) is 11.7 Å². The first-order valence-corrected chi connectivity index (χ1v) is 13.7. The number of thioether (sulfide) groups is 1. The third-order valence-electron chi connectivity index (χ3n) is 6.81. The number of likely N-dealkylation sites (tertiary alicyclic amines) is 1. The Morgan fingerprint density at radius 1 is 1.11 bits per heavy atom. The lowest BCUT2D eigenvalue weighted by Gasteiger charge is -2.22. The zero-order valence-corrected chi connectivity index (χ0v) is 22.2. The zero-order chi connectivity index (χ0) is 25.9. The Morgan fingerprint density at radius 3 is 2.57 bits per heavy atom. The summed E-state index contributed by atoms with van der Waals surface area (Å²) >= 11 is 7.99. The van der Waals surface area contributed by atoms with Gasteiger partial charge in [0.2, 0.25) is 0 Å². The van der Waals surface area contributed by atoms with Crippen molar-refractivity contribution in [1.29, 1.82) is 0 Å². The molecule has 1 aromatic heterocycles. The number of aromatic amines is 1. The highest BCUT2D eigenvalue weighted by atomic mass is 35.5. The molecule has 0 spiro atoms. The Bertz CT molecular complexity index is 1420. The van der Waals surface area contributed by atoms with E-state index in [0.29, 0.717) is 30.2 Å². The predicted molar refractivity (Wildman–Crippen MR) is 149 cm³/mol. The summed E-state index contributed by atoms with van der Waals surface area (Å²) in [6.07, 6.45) is 2.52. The fourth-order valence-corrected chi connectivity index (χ4v) is 5.61. The topological polar surface area (TPSA) is 74.4 Å². The van der Waals surface area contributed by atoms with Crippen molar-refractivity contribution in [1.82, 2.24) is 15.2 Å². The first-order chi connectivity index (χ1) is 18.0. The minimum absolute atomic E-state index is 0.208. The molecule has 0 aliphatic carbocycles. The van der Waals surface area contributed by atoms with Crippen LogP contribution in [0.1, 0.15) is 22.5 Å². The summed E-state index contributed by atoms with van der Waals surface area (Å²) in [6, 6.07) is 23.0. The van der Waals surface area contributed by atoms with Crippen molar-refractivity contribution in [2.24, 2.45) is 0 Å². The van der Waals surface area contributed by atoms with Gasteiger partial charge in [0.25, 0.3) is 5.91 Å². The largest absolute Gasteiger partial charge is 0.468 e. The van der Waals surface area contributed by atoms with Crippen LogP contribution in [-0.4, -0.2) is 53.8 Å². The minimum atomic E-state index is -0.425. The van der Waals surface area contributed by atoms with Gasteiger partial charge in [-0.1, -0.05) is 54.1 Å². The van der Waals surface area contributed by atoms with Crippen LogP contribution in [0.5, 0.6) is 0 Å². The summed E-state index contributed by atoms with van der Waals surface area (Å²) in [5, 5.41) is 4.66. The zero-order valence-electron chi connectivity index (χ0n) is 20.7. The highest BCUT2D eigenvalue weighted by molar-refractivity contribution is 7.98. The number of aromatic nitrogens is 1. The number of hydrogen-bond acceptors (Lipinski definition) is 5. The Balaban J connectivity index is 1.40. The molecule has 2 heterocycles. The van der Waals surface area contributed by atoms with E-state index >= 15 is 0 Å². The van der Waals surface area contributed by atoms with Gasteiger partial charge in [-0.15, -0.1) is 11.8 Å². The summed E-state index contributed by atoms with van der Waals surface area (Å²) in [4.78, 5) is 32.8. The summed E-state index contributed by atoms with van der Waals surface area (Å²) in [7, 11) is 1.40. The first-order valence-electron chi connectivity index (χ1n) is 12.1. The molecule has 0 unspecified atom stereocenters. The summed E-state index contributed by atoms with van der Waals surface area (Å²) < 4.78 is 5.09. The van der Waals surface area contributed by atoms with Crippen molar-refractivity contribution in [3.8, 4) is 11.1 Å². The predicted octanol–water partition coefficient (Wildman–Crippen LogP) is 5.76. The molecule has 6 nitrogen and oxygen atoms in total. The number of rotatable bonds is 7. The third-order valence-corrected chi connectivity index (χ3v) is 7.79. The van der Waals surface area contributed by atoms with E-state index in [-0.39, 0.29) is 17.9 Å². The van der Waals surface area contributed by atoms with Gasteiger partial charge in [0.05, 0.1) is 7.11 Å². The molecule has 4 aromatic rings. The number of hydrogen-bond donors (Lipinski definition) is 2. The molecule has 1 amide bonds. The van der Waals surface area contributed by atoms with Gasteiger partial charge in [-0.3, -0.25) is 14.5 Å². The van der Waals surface area contributed by atoms with Crippen molar-refractivity contribution in [3.05, 3.63) is 89.1 Å². The number of methoxy groups -OCH3 is 1. The molecule has 1 aliphatic rings. The number of H-pyrrole nitrogens is 1. The Hall–Kier alpha value is -3.26. The van der Waals surface area contributed by atoms with Crippen LogP contribution in [0.15, 0.2) is 77.7 Å². The van der Waals surface area contributed by atoms with E-state index in [0.717, 1.165) is 27.6 Å². The van der Waals surface area contributed by atoms with Crippen LogP contribution in [0.25, 0.3) is 22.0 Å². The fraction of sp³-hybridized carbons (Fsp3) is 0.241. The molecule has 2 atom stereocenters. The monoisotopic (exact) mass is 533 g/mol. The average molecular weight is 534 g/mol. The summed E-state index contributed by atoms with van der Waals surface area (Å²) in [5.74, 6) is -0.506. The number of nitrogens with one attached hydrogen (secondary N) is 2. The Kier molecular flexibility index (Phi) is 7.55. The van der Waals surface area contributed by atoms with E-state index in [9.17, 15) is 9.59 Å². The SMILES string of the molecule is COC(=O)[C@@H]1C[C@H](NC(=O)c2[nH]c3ccc(Cl)cc3c2-c2ccccc2)CN1Cc1ccc(SC)cc1. The molecule has 0 radical (unpaired) electrons. The standard InChI is InChI=1S/C29H28ClN3O3S/c1-36-29(35)25-15-21(17-33(25)16-18-8-11-22(37-2)12-9-18)31-28(34)27-26(19-6-4-3-5-7-19)23-14-20(30)10-13-24(23)32-27/h3-14,21,25,32H,15-17H2,1-2H3,(H,31,34)/t21-,25-/m0/s1. The van der Waals surface area contributed by atoms with Crippen LogP contribution in [-0.2, 0) is 16.1 Å². The lowest BCUT2D eigenvalue weighted by atomic mass is 10.0. The number of nitrogens with zero attached hydrogens (tertiary/aromatic N) is 1. The Morgan fingerprint density at radius 2 is 1.86 bits per heavy atom. The third kappa shape index (κ3) is 5.39. The van der Waals surface area contributed by atoms with Crippen molar-refractivity contribution >= 4 is 46.1 Å². The van der Waals surface area contributed by atoms with E-state index in [1.165, 1.54) is 12.0 Å². The maximum absolute atomic E-state index is 13.6. The number of amides is 1. The molecule has 8 heteroatoms. The van der Waals surface area contributed by atoms with Gasteiger partial charge in [0.15, 0.2) is 0 Å². The molecule has 0 saturated carbocycles. The molecular weight excluding hydrogens is 506 g/mol. The maximum Gasteiger partial charge on any atom is 0.323 e. The van der Waals surface area contributed by atoms with E-state index in [1.807, 2.05) is 48.7 Å². The minimum Gasteiger partial charge on any atom is -0.468 e. The fourth-order valence-electron chi connectivity index (χ4n) is 5.03. The van der Waals surface area contributed by atoms with Gasteiger partial charge < -0.3 is 15.0 Å². The quantitative estimate of drug-likeness (QED) is 0.233. The number of benzene rings is 3. The van der Waals surface area contributed by atoms with Crippen molar-refractivity contribution in [2.45, 2.75) is 29.9 Å². The molecule has 2 N–H and O–H groups in total. The van der Waals surface area contributed by atoms with Gasteiger partial charge in [-0.05, 0) is 54.1 Å². The van der Waals surface area contributed by atoms with Crippen LogP contribution in [0.3, 0.4) is 0 Å². The van der Waals surface area contributed by atoms with Crippen molar-refractivity contribution in [3.63, 3.8) is 0 Å². The van der Waals surface area contributed by atoms with Gasteiger partial charge in [-0.25, -0.2) is 0 Å². The average Bonchev–Trinajstić information content (AvgIpc) is 3.50. The number of halogens is 1. The molecule has 1 saturated heterocycles. The lowest BCUT2D eigenvalue weighted by Crippen LogP contribution is -2.38. The summed E-state index contributed by atoms with van der Waals surface area (Å²) in [6.45, 7) is 1.14.